The van der Waals surface area contributed by atoms with Crippen molar-refractivity contribution in [2.45, 2.75) is 70.8 Å². The number of phenolic OH excluding ortho intramolecular Hbond substituents is 1. The lowest BCUT2D eigenvalue weighted by atomic mass is 9.67. The average Bonchev–Trinajstić information content (AvgIpc) is 2.60. The maximum Gasteiger partial charge on any atom is 0.333 e. The maximum atomic E-state index is 12.0. The van der Waals surface area contributed by atoms with E-state index < -0.39 is 0 Å². The molecule has 0 bridgehead atoms. The van der Waals surface area contributed by atoms with Gasteiger partial charge in [0.25, 0.3) is 0 Å². The topological polar surface area (TPSA) is 55.8 Å². The Morgan fingerprint density at radius 3 is 2.81 bits per heavy atom. The molecule has 0 unspecified atom stereocenters. The van der Waals surface area contributed by atoms with E-state index in [9.17, 15) is 9.90 Å². The van der Waals surface area contributed by atoms with Gasteiger partial charge in [-0.25, -0.2) is 4.79 Å². The third kappa shape index (κ3) is 3.46. The van der Waals surface area contributed by atoms with E-state index in [0.717, 1.165) is 36.1 Å². The van der Waals surface area contributed by atoms with E-state index in [1.807, 2.05) is 12.1 Å². The minimum absolute atomic E-state index is 0.0672. The van der Waals surface area contributed by atoms with Crippen molar-refractivity contribution in [1.29, 1.82) is 0 Å². The molecule has 0 saturated heterocycles. The van der Waals surface area contributed by atoms with Crippen molar-refractivity contribution in [2.75, 3.05) is 7.11 Å². The monoisotopic (exact) mass is 358 g/mol. The lowest BCUT2D eigenvalue weighted by Crippen LogP contribution is -2.45. The van der Waals surface area contributed by atoms with E-state index >= 15 is 0 Å². The number of carbonyl (C=O) groups excluding carboxylic acids is 1. The molecule has 26 heavy (non-hydrogen) atoms. The molecule has 3 rings (SSSR count). The highest BCUT2D eigenvalue weighted by Crippen LogP contribution is 2.54. The van der Waals surface area contributed by atoms with Crippen molar-refractivity contribution in [3.8, 4) is 11.5 Å². The second kappa shape index (κ2) is 7.34. The molecular weight excluding hydrogens is 328 g/mol. The zero-order valence-electron chi connectivity index (χ0n) is 16.3. The standard InChI is InChI=1S/C22H30O4/c1-5-6-7-8-14-11-18(23)20-16-13-15(21(24)25-4)9-10-17(16)22(2,3)26-19(20)12-14/h9,11-12,16-17,23H,5-8,10,13H2,1-4H3/t16-,17-/m1/s1. The van der Waals surface area contributed by atoms with Gasteiger partial charge in [0.2, 0.25) is 0 Å². The largest absolute Gasteiger partial charge is 0.508 e. The molecule has 1 heterocycles. The quantitative estimate of drug-likeness (QED) is 0.601. The lowest BCUT2D eigenvalue weighted by Gasteiger charge is -2.47. The Morgan fingerprint density at radius 1 is 1.35 bits per heavy atom. The summed E-state index contributed by atoms with van der Waals surface area (Å²) in [4.78, 5) is 12.0. The summed E-state index contributed by atoms with van der Waals surface area (Å²) in [5.74, 6) is 1.09. The SMILES string of the molecule is CCCCCc1cc(O)c2c(c1)OC(C)(C)[C@@H]1CC=C(C(=O)OC)C[C@@H]21. The van der Waals surface area contributed by atoms with E-state index in [-0.39, 0.29) is 23.4 Å². The van der Waals surface area contributed by atoms with Crippen molar-refractivity contribution < 1.29 is 19.4 Å². The van der Waals surface area contributed by atoms with E-state index in [4.69, 9.17) is 9.47 Å². The first-order chi connectivity index (χ1) is 12.4. The van der Waals surface area contributed by atoms with Gasteiger partial charge in [-0.2, -0.15) is 0 Å². The van der Waals surface area contributed by atoms with E-state index in [1.165, 1.54) is 20.0 Å². The van der Waals surface area contributed by atoms with Crippen molar-refractivity contribution in [1.82, 2.24) is 0 Å². The number of rotatable bonds is 5. The van der Waals surface area contributed by atoms with E-state index in [1.54, 1.807) is 0 Å². The number of aryl methyl sites for hydroxylation is 1. The number of allylic oxidation sites excluding steroid dienone is 1. The molecule has 142 valence electrons. The first-order valence-electron chi connectivity index (χ1n) is 9.69. The zero-order chi connectivity index (χ0) is 18.9. The molecule has 1 aliphatic heterocycles. The molecule has 1 aromatic rings. The van der Waals surface area contributed by atoms with Crippen LogP contribution in [0, 0.1) is 5.92 Å². The van der Waals surface area contributed by atoms with Gasteiger partial charge in [-0.15, -0.1) is 0 Å². The van der Waals surface area contributed by atoms with Gasteiger partial charge in [-0.05, 0) is 57.2 Å². The second-order valence-corrected chi connectivity index (χ2v) is 8.06. The smallest absolute Gasteiger partial charge is 0.333 e. The molecular formula is C22H30O4. The van der Waals surface area contributed by atoms with Crippen molar-refractivity contribution in [3.63, 3.8) is 0 Å². The Hall–Kier alpha value is -1.97. The normalized spacial score (nSPS) is 23.3. The molecule has 0 fully saturated rings. The van der Waals surface area contributed by atoms with Crippen LogP contribution < -0.4 is 4.74 Å². The minimum Gasteiger partial charge on any atom is -0.508 e. The van der Waals surface area contributed by atoms with Crippen molar-refractivity contribution in [2.24, 2.45) is 5.92 Å². The summed E-state index contributed by atoms with van der Waals surface area (Å²) in [6.45, 7) is 6.39. The molecule has 0 amide bonds. The predicted octanol–water partition coefficient (Wildman–Crippen LogP) is 4.89. The zero-order valence-corrected chi connectivity index (χ0v) is 16.3. The second-order valence-electron chi connectivity index (χ2n) is 8.06. The molecule has 0 radical (unpaired) electrons. The molecule has 1 aliphatic carbocycles. The summed E-state index contributed by atoms with van der Waals surface area (Å²) in [6, 6.07) is 3.96. The number of aromatic hydroxyl groups is 1. The van der Waals surface area contributed by atoms with Gasteiger partial charge in [-0.3, -0.25) is 0 Å². The molecule has 0 saturated carbocycles. The molecule has 1 N–H and O–H groups in total. The van der Waals surface area contributed by atoms with Crippen LogP contribution in [-0.4, -0.2) is 23.8 Å². The van der Waals surface area contributed by atoms with Crippen LogP contribution in [0.2, 0.25) is 0 Å². The summed E-state index contributed by atoms with van der Waals surface area (Å²) in [7, 11) is 1.41. The van der Waals surface area contributed by atoms with Crippen LogP contribution in [0.4, 0.5) is 0 Å². The highest BCUT2D eigenvalue weighted by molar-refractivity contribution is 5.88. The number of ether oxygens (including phenoxy) is 2. The number of unbranched alkanes of at least 4 members (excludes halogenated alkanes) is 2. The number of hydrogen-bond donors (Lipinski definition) is 1. The van der Waals surface area contributed by atoms with Crippen LogP contribution in [0.1, 0.15) is 69.9 Å². The fourth-order valence-corrected chi connectivity index (χ4v) is 4.47. The molecule has 4 heteroatoms. The van der Waals surface area contributed by atoms with Crippen LogP contribution in [0.15, 0.2) is 23.8 Å². The van der Waals surface area contributed by atoms with Gasteiger partial charge < -0.3 is 14.6 Å². The Balaban J connectivity index is 1.96. The number of fused-ring (bicyclic) bond motifs is 3. The number of benzene rings is 1. The van der Waals surface area contributed by atoms with E-state index in [0.29, 0.717) is 17.7 Å². The molecule has 0 aromatic heterocycles. The molecule has 0 spiro atoms. The summed E-state index contributed by atoms with van der Waals surface area (Å²) in [5.41, 5.74) is 2.32. The highest BCUT2D eigenvalue weighted by atomic mass is 16.5. The van der Waals surface area contributed by atoms with E-state index in [2.05, 4.69) is 26.8 Å². The fraction of sp³-hybridized carbons (Fsp3) is 0.591. The van der Waals surface area contributed by atoms with Gasteiger partial charge in [0.15, 0.2) is 0 Å². The maximum absolute atomic E-state index is 12.0. The first kappa shape index (κ1) is 18.8. The summed E-state index contributed by atoms with van der Waals surface area (Å²) in [6.07, 6.45) is 7.71. The number of phenols is 1. The highest BCUT2D eigenvalue weighted by Gasteiger charge is 2.46. The summed E-state index contributed by atoms with van der Waals surface area (Å²) >= 11 is 0. The third-order valence-corrected chi connectivity index (χ3v) is 5.88. The van der Waals surface area contributed by atoms with Crippen LogP contribution in [0.5, 0.6) is 11.5 Å². The Kier molecular flexibility index (Phi) is 5.31. The van der Waals surface area contributed by atoms with Gasteiger partial charge in [0.1, 0.15) is 17.1 Å². The number of esters is 1. The molecule has 1 aromatic carbocycles. The average molecular weight is 358 g/mol. The summed E-state index contributed by atoms with van der Waals surface area (Å²) < 4.78 is 11.2. The molecule has 2 atom stereocenters. The Labute approximate surface area is 156 Å². The predicted molar refractivity (Wildman–Crippen MR) is 102 cm³/mol. The number of methoxy groups -OCH3 is 1. The van der Waals surface area contributed by atoms with Crippen LogP contribution in [-0.2, 0) is 16.0 Å². The van der Waals surface area contributed by atoms with Crippen LogP contribution >= 0.6 is 0 Å². The minimum atomic E-state index is -0.343. The number of hydrogen-bond acceptors (Lipinski definition) is 4. The van der Waals surface area contributed by atoms with Gasteiger partial charge in [0.05, 0.1) is 7.11 Å². The Bertz CT molecular complexity index is 717. The first-order valence-corrected chi connectivity index (χ1v) is 9.69. The van der Waals surface area contributed by atoms with Gasteiger partial charge in [0, 0.05) is 23.0 Å². The fourth-order valence-electron chi connectivity index (χ4n) is 4.47. The van der Waals surface area contributed by atoms with Gasteiger partial charge in [-0.1, -0.05) is 25.8 Å². The van der Waals surface area contributed by atoms with Gasteiger partial charge >= 0.3 is 5.97 Å². The Morgan fingerprint density at radius 2 is 2.12 bits per heavy atom. The van der Waals surface area contributed by atoms with Crippen molar-refractivity contribution >= 4 is 5.97 Å². The molecule has 2 aliphatic rings. The summed E-state index contributed by atoms with van der Waals surface area (Å²) in [5, 5.41) is 10.8. The third-order valence-electron chi connectivity index (χ3n) is 5.88. The van der Waals surface area contributed by atoms with Crippen molar-refractivity contribution in [3.05, 3.63) is 34.9 Å². The number of carbonyl (C=O) groups is 1. The van der Waals surface area contributed by atoms with Crippen LogP contribution in [0.3, 0.4) is 0 Å². The lowest BCUT2D eigenvalue weighted by molar-refractivity contribution is -0.136. The van der Waals surface area contributed by atoms with Crippen LogP contribution in [0.25, 0.3) is 0 Å². The molecule has 4 nitrogen and oxygen atoms in total.